The molecule has 0 aromatic heterocycles. The third kappa shape index (κ3) is 4.28. The highest BCUT2D eigenvalue weighted by molar-refractivity contribution is 7.99. The molecule has 0 saturated carbocycles. The molecule has 2 unspecified atom stereocenters. The van der Waals surface area contributed by atoms with E-state index in [9.17, 15) is 0 Å². The second-order valence-electron chi connectivity index (χ2n) is 5.02. The number of rotatable bonds is 7. The number of nitrogens with one attached hydrogen (secondary N) is 1. The van der Waals surface area contributed by atoms with Crippen molar-refractivity contribution in [2.45, 2.75) is 25.5 Å². The van der Waals surface area contributed by atoms with Crippen LogP contribution in [0.5, 0.6) is 11.5 Å². The van der Waals surface area contributed by atoms with Crippen molar-refractivity contribution in [2.75, 3.05) is 38.9 Å². The van der Waals surface area contributed by atoms with Gasteiger partial charge in [-0.3, -0.25) is 0 Å². The summed E-state index contributed by atoms with van der Waals surface area (Å²) < 4.78 is 16.9. The molecule has 1 aliphatic rings. The third-order valence-corrected chi connectivity index (χ3v) is 4.62. The van der Waals surface area contributed by atoms with Crippen molar-refractivity contribution in [1.29, 1.82) is 0 Å². The van der Waals surface area contributed by atoms with Gasteiger partial charge in [0.25, 0.3) is 0 Å². The lowest BCUT2D eigenvalue weighted by Crippen LogP contribution is -2.38. The summed E-state index contributed by atoms with van der Waals surface area (Å²) >= 11 is 1.95. The molecule has 1 N–H and O–H groups in total. The van der Waals surface area contributed by atoms with Crippen LogP contribution >= 0.6 is 11.8 Å². The molecular weight excluding hydrogens is 286 g/mol. The van der Waals surface area contributed by atoms with Crippen molar-refractivity contribution in [3.05, 3.63) is 23.8 Å². The molecule has 1 aromatic carbocycles. The third-order valence-electron chi connectivity index (χ3n) is 3.60. The predicted molar refractivity (Wildman–Crippen MR) is 87.6 cm³/mol. The van der Waals surface area contributed by atoms with E-state index >= 15 is 0 Å². The van der Waals surface area contributed by atoms with Crippen LogP contribution in [0.15, 0.2) is 18.2 Å². The maximum Gasteiger partial charge on any atom is 0.124 e. The van der Waals surface area contributed by atoms with Crippen LogP contribution in [0.2, 0.25) is 0 Å². The van der Waals surface area contributed by atoms with Crippen LogP contribution in [0.3, 0.4) is 0 Å². The van der Waals surface area contributed by atoms with E-state index in [-0.39, 0.29) is 12.1 Å². The summed E-state index contributed by atoms with van der Waals surface area (Å²) in [7, 11) is 3.39. The summed E-state index contributed by atoms with van der Waals surface area (Å²) in [5, 5.41) is 3.61. The number of hydrogen-bond donors (Lipinski definition) is 1. The highest BCUT2D eigenvalue weighted by Gasteiger charge is 2.28. The van der Waals surface area contributed by atoms with Gasteiger partial charge in [0.2, 0.25) is 0 Å². The topological polar surface area (TPSA) is 39.7 Å². The monoisotopic (exact) mass is 311 g/mol. The van der Waals surface area contributed by atoms with E-state index in [4.69, 9.17) is 14.2 Å². The largest absolute Gasteiger partial charge is 0.497 e. The highest BCUT2D eigenvalue weighted by Crippen LogP contribution is 2.34. The first-order chi connectivity index (χ1) is 10.3. The van der Waals surface area contributed by atoms with Gasteiger partial charge in [0, 0.05) is 17.1 Å². The van der Waals surface area contributed by atoms with E-state index < -0.39 is 0 Å². The van der Waals surface area contributed by atoms with Crippen molar-refractivity contribution in [1.82, 2.24) is 5.32 Å². The average molecular weight is 311 g/mol. The first-order valence-electron chi connectivity index (χ1n) is 7.44. The average Bonchev–Trinajstić information content (AvgIpc) is 2.56. The zero-order valence-electron chi connectivity index (χ0n) is 13.1. The van der Waals surface area contributed by atoms with Crippen LogP contribution in [-0.4, -0.2) is 45.0 Å². The Morgan fingerprint density at radius 3 is 2.86 bits per heavy atom. The van der Waals surface area contributed by atoms with Gasteiger partial charge in [-0.2, -0.15) is 11.8 Å². The lowest BCUT2D eigenvalue weighted by atomic mass is 10.00. The van der Waals surface area contributed by atoms with E-state index in [1.54, 1.807) is 14.2 Å². The summed E-state index contributed by atoms with van der Waals surface area (Å²) in [4.78, 5) is 0. The highest BCUT2D eigenvalue weighted by atomic mass is 32.2. The van der Waals surface area contributed by atoms with E-state index in [2.05, 4.69) is 18.3 Å². The Morgan fingerprint density at radius 1 is 1.38 bits per heavy atom. The van der Waals surface area contributed by atoms with Crippen LogP contribution in [0.4, 0.5) is 0 Å². The lowest BCUT2D eigenvalue weighted by molar-refractivity contribution is 0.0461. The van der Waals surface area contributed by atoms with Crippen molar-refractivity contribution in [2.24, 2.45) is 0 Å². The Hall–Kier alpha value is -0.910. The summed E-state index contributed by atoms with van der Waals surface area (Å²) in [6.45, 7) is 3.94. The maximum absolute atomic E-state index is 5.98. The Balaban J connectivity index is 2.29. The number of hydrogen-bond acceptors (Lipinski definition) is 5. The lowest BCUT2D eigenvalue weighted by Gasteiger charge is -2.32. The zero-order valence-corrected chi connectivity index (χ0v) is 13.9. The number of benzene rings is 1. The van der Waals surface area contributed by atoms with E-state index in [1.807, 2.05) is 23.9 Å². The number of methoxy groups -OCH3 is 2. The van der Waals surface area contributed by atoms with Gasteiger partial charge in [0.05, 0.1) is 33.0 Å². The van der Waals surface area contributed by atoms with Crippen molar-refractivity contribution in [3.8, 4) is 11.5 Å². The fraction of sp³-hybridized carbons (Fsp3) is 0.625. The molecule has 5 heteroatoms. The van der Waals surface area contributed by atoms with Crippen molar-refractivity contribution in [3.63, 3.8) is 0 Å². The first kappa shape index (κ1) is 16.5. The molecule has 1 fully saturated rings. The summed E-state index contributed by atoms with van der Waals surface area (Å²) in [6.07, 6.45) is 1.25. The van der Waals surface area contributed by atoms with Gasteiger partial charge in [-0.15, -0.1) is 0 Å². The van der Waals surface area contributed by atoms with E-state index in [0.29, 0.717) is 0 Å². The molecule has 4 nitrogen and oxygen atoms in total. The molecule has 118 valence electrons. The molecule has 1 aliphatic heterocycles. The molecule has 1 heterocycles. The smallest absolute Gasteiger partial charge is 0.124 e. The standard InChI is InChI=1S/C16H25NO3S/c1-4-7-17-16(15-11-21-9-8-20-15)13-10-12(18-2)5-6-14(13)19-3/h5-6,10,15-17H,4,7-9,11H2,1-3H3. The molecule has 1 aromatic rings. The number of thioether (sulfide) groups is 1. The minimum Gasteiger partial charge on any atom is -0.497 e. The summed E-state index contributed by atoms with van der Waals surface area (Å²) in [6, 6.07) is 6.07. The van der Waals surface area contributed by atoms with Gasteiger partial charge >= 0.3 is 0 Å². The fourth-order valence-corrected chi connectivity index (χ4v) is 3.42. The normalized spacial score (nSPS) is 20.0. The van der Waals surface area contributed by atoms with Crippen molar-refractivity contribution < 1.29 is 14.2 Å². The minimum absolute atomic E-state index is 0.128. The van der Waals surface area contributed by atoms with Gasteiger partial charge in [-0.25, -0.2) is 0 Å². The SMILES string of the molecule is CCCNC(c1cc(OC)ccc1OC)C1CSCCO1. The molecule has 0 bridgehead atoms. The Morgan fingerprint density at radius 2 is 2.24 bits per heavy atom. The van der Waals surface area contributed by atoms with Gasteiger partial charge in [-0.1, -0.05) is 6.92 Å². The molecular formula is C16H25NO3S. The minimum atomic E-state index is 0.128. The molecule has 0 spiro atoms. The Labute approximate surface area is 131 Å². The Kier molecular flexibility index (Phi) is 6.67. The van der Waals surface area contributed by atoms with E-state index in [1.165, 1.54) is 0 Å². The summed E-state index contributed by atoms with van der Waals surface area (Å²) in [5.41, 5.74) is 1.11. The molecule has 2 atom stereocenters. The second kappa shape index (κ2) is 8.51. The van der Waals surface area contributed by atoms with Gasteiger partial charge in [0.15, 0.2) is 0 Å². The van der Waals surface area contributed by atoms with Crippen molar-refractivity contribution >= 4 is 11.8 Å². The van der Waals surface area contributed by atoms with Gasteiger partial charge < -0.3 is 19.5 Å². The van der Waals surface area contributed by atoms with Crippen LogP contribution in [0.25, 0.3) is 0 Å². The molecule has 0 radical (unpaired) electrons. The fourth-order valence-electron chi connectivity index (χ4n) is 2.52. The second-order valence-corrected chi connectivity index (χ2v) is 6.17. The predicted octanol–water partition coefficient (Wildman–Crippen LogP) is 2.88. The van der Waals surface area contributed by atoms with E-state index in [0.717, 1.165) is 48.1 Å². The Bertz CT molecular complexity index is 436. The molecule has 21 heavy (non-hydrogen) atoms. The molecule has 1 saturated heterocycles. The van der Waals surface area contributed by atoms with Gasteiger partial charge in [0.1, 0.15) is 11.5 Å². The maximum atomic E-state index is 5.98. The van der Waals surface area contributed by atoms with Crippen LogP contribution in [0.1, 0.15) is 24.9 Å². The quantitative estimate of drug-likeness (QED) is 0.838. The number of ether oxygens (including phenoxy) is 3. The molecule has 0 aliphatic carbocycles. The summed E-state index contributed by atoms with van der Waals surface area (Å²) in [5.74, 6) is 3.80. The molecule has 0 amide bonds. The first-order valence-corrected chi connectivity index (χ1v) is 8.60. The van der Waals surface area contributed by atoms with Gasteiger partial charge in [-0.05, 0) is 31.2 Å². The zero-order chi connectivity index (χ0) is 15.1. The van der Waals surface area contributed by atoms with Crippen LogP contribution < -0.4 is 14.8 Å². The van der Waals surface area contributed by atoms with Crippen LogP contribution in [0, 0.1) is 0 Å². The molecule has 2 rings (SSSR count). The van der Waals surface area contributed by atoms with Crippen LogP contribution in [-0.2, 0) is 4.74 Å².